The number of carbonyl (C=O) groups excluding carboxylic acids is 2. The summed E-state index contributed by atoms with van der Waals surface area (Å²) in [6, 6.07) is 0.0155. The average Bonchev–Trinajstić information content (AvgIpc) is 2.45. The normalized spacial score (nSPS) is 20.3. The first-order valence-electron chi connectivity index (χ1n) is 7.38. The van der Waals surface area contributed by atoms with Gasteiger partial charge in [0.1, 0.15) is 0 Å². The van der Waals surface area contributed by atoms with Crippen LogP contribution < -0.4 is 5.73 Å². The van der Waals surface area contributed by atoms with Crippen molar-refractivity contribution in [1.82, 2.24) is 9.80 Å². The Balaban J connectivity index is 2.63. The van der Waals surface area contributed by atoms with E-state index >= 15 is 0 Å². The first-order valence-corrected chi connectivity index (χ1v) is 7.38. The van der Waals surface area contributed by atoms with Gasteiger partial charge < -0.3 is 15.7 Å². The summed E-state index contributed by atoms with van der Waals surface area (Å²) in [5.74, 6) is -1.75. The second-order valence-corrected chi connectivity index (χ2v) is 5.64. The summed E-state index contributed by atoms with van der Waals surface area (Å²) in [6.45, 7) is 4.70. The van der Waals surface area contributed by atoms with Crippen molar-refractivity contribution >= 4 is 17.8 Å². The number of piperidine rings is 1. The molecule has 0 aromatic heterocycles. The minimum atomic E-state index is -0.947. The summed E-state index contributed by atoms with van der Waals surface area (Å²) in [7, 11) is 0. The molecule has 0 radical (unpaired) electrons. The van der Waals surface area contributed by atoms with E-state index in [2.05, 4.69) is 0 Å². The van der Waals surface area contributed by atoms with Crippen molar-refractivity contribution in [1.29, 1.82) is 0 Å². The lowest BCUT2D eigenvalue weighted by Crippen LogP contribution is -2.49. The average molecular weight is 299 g/mol. The van der Waals surface area contributed by atoms with E-state index in [9.17, 15) is 14.4 Å². The van der Waals surface area contributed by atoms with Crippen molar-refractivity contribution in [3.05, 3.63) is 0 Å². The van der Waals surface area contributed by atoms with Gasteiger partial charge in [0, 0.05) is 19.1 Å². The van der Waals surface area contributed by atoms with E-state index in [0.717, 1.165) is 12.8 Å². The van der Waals surface area contributed by atoms with Gasteiger partial charge >= 0.3 is 5.97 Å². The van der Waals surface area contributed by atoms with Crippen LogP contribution in [-0.4, -0.2) is 64.9 Å². The van der Waals surface area contributed by atoms with E-state index in [1.165, 1.54) is 0 Å². The monoisotopic (exact) mass is 299 g/mol. The van der Waals surface area contributed by atoms with Gasteiger partial charge in [-0.05, 0) is 26.2 Å². The molecule has 1 heterocycles. The van der Waals surface area contributed by atoms with E-state index in [1.807, 2.05) is 13.8 Å². The van der Waals surface area contributed by atoms with Crippen molar-refractivity contribution < 1.29 is 19.5 Å². The highest BCUT2D eigenvalue weighted by Crippen LogP contribution is 2.16. The number of primary amides is 1. The molecule has 0 bridgehead atoms. The highest BCUT2D eigenvalue weighted by Gasteiger charge is 2.28. The van der Waals surface area contributed by atoms with Gasteiger partial charge in [0.05, 0.1) is 19.0 Å². The van der Waals surface area contributed by atoms with Crippen LogP contribution in [0.4, 0.5) is 0 Å². The Bertz CT molecular complexity index is 400. The third-order valence-electron chi connectivity index (χ3n) is 4.07. The maximum Gasteiger partial charge on any atom is 0.317 e. The van der Waals surface area contributed by atoms with Gasteiger partial charge in [-0.2, -0.15) is 0 Å². The molecule has 2 amide bonds. The molecular weight excluding hydrogens is 274 g/mol. The van der Waals surface area contributed by atoms with E-state index in [1.54, 1.807) is 9.80 Å². The molecule has 0 saturated carbocycles. The summed E-state index contributed by atoms with van der Waals surface area (Å²) in [5, 5.41) is 8.94. The Labute approximate surface area is 125 Å². The second kappa shape index (κ2) is 7.97. The molecule has 1 aliphatic rings. The zero-order valence-corrected chi connectivity index (χ0v) is 12.7. The Hall–Kier alpha value is -1.63. The topological polar surface area (TPSA) is 104 Å². The maximum absolute atomic E-state index is 12.3. The van der Waals surface area contributed by atoms with Gasteiger partial charge in [-0.15, -0.1) is 0 Å². The van der Waals surface area contributed by atoms with E-state index in [4.69, 9.17) is 10.8 Å². The molecule has 0 aromatic rings. The van der Waals surface area contributed by atoms with Crippen LogP contribution in [-0.2, 0) is 14.4 Å². The van der Waals surface area contributed by atoms with Crippen LogP contribution in [0, 0.1) is 5.92 Å². The van der Waals surface area contributed by atoms with Crippen LogP contribution >= 0.6 is 0 Å². The number of hydrogen-bond acceptors (Lipinski definition) is 4. The zero-order valence-electron chi connectivity index (χ0n) is 12.7. The SMILES string of the molecule is CCC(C)N(CC(=O)O)CC(=O)N1CCCC(C(N)=O)C1. The number of amides is 2. The van der Waals surface area contributed by atoms with Crippen LogP contribution in [0.15, 0.2) is 0 Å². The molecule has 1 fully saturated rings. The van der Waals surface area contributed by atoms with Crippen molar-refractivity contribution in [3.63, 3.8) is 0 Å². The minimum Gasteiger partial charge on any atom is -0.480 e. The van der Waals surface area contributed by atoms with E-state index in [0.29, 0.717) is 19.5 Å². The quantitative estimate of drug-likeness (QED) is 0.683. The number of likely N-dealkylation sites (tertiary alicyclic amines) is 1. The smallest absolute Gasteiger partial charge is 0.317 e. The third kappa shape index (κ3) is 5.34. The molecule has 2 atom stereocenters. The fourth-order valence-corrected chi connectivity index (χ4v) is 2.51. The van der Waals surface area contributed by atoms with Crippen molar-refractivity contribution in [3.8, 4) is 0 Å². The van der Waals surface area contributed by atoms with Crippen LogP contribution in [0.25, 0.3) is 0 Å². The molecule has 1 saturated heterocycles. The van der Waals surface area contributed by atoms with E-state index in [-0.39, 0.29) is 36.9 Å². The molecule has 0 aliphatic carbocycles. The first-order chi connectivity index (χ1) is 9.85. The van der Waals surface area contributed by atoms with Gasteiger partial charge in [0.25, 0.3) is 0 Å². The number of rotatable bonds is 7. The number of carboxylic acids is 1. The van der Waals surface area contributed by atoms with Crippen molar-refractivity contribution in [2.24, 2.45) is 11.7 Å². The lowest BCUT2D eigenvalue weighted by Gasteiger charge is -2.34. The fourth-order valence-electron chi connectivity index (χ4n) is 2.51. The van der Waals surface area contributed by atoms with Gasteiger partial charge in [0.15, 0.2) is 0 Å². The minimum absolute atomic E-state index is 0.0155. The second-order valence-electron chi connectivity index (χ2n) is 5.64. The summed E-state index contributed by atoms with van der Waals surface area (Å²) in [6.07, 6.45) is 2.23. The molecule has 3 N–H and O–H groups in total. The van der Waals surface area contributed by atoms with Crippen molar-refractivity contribution in [2.45, 2.75) is 39.2 Å². The standard InChI is InChI=1S/C14H25N3O4/c1-3-10(2)17(9-13(19)20)8-12(18)16-6-4-5-11(7-16)14(15)21/h10-11H,3-9H2,1-2H3,(H2,15,21)(H,19,20). The Morgan fingerprint density at radius 3 is 2.57 bits per heavy atom. The molecule has 1 rings (SSSR count). The summed E-state index contributed by atoms with van der Waals surface area (Å²) in [5.41, 5.74) is 5.30. The van der Waals surface area contributed by atoms with Gasteiger partial charge in [0.2, 0.25) is 11.8 Å². The van der Waals surface area contributed by atoms with E-state index < -0.39 is 5.97 Å². The van der Waals surface area contributed by atoms with Gasteiger partial charge in [-0.3, -0.25) is 19.3 Å². The summed E-state index contributed by atoms with van der Waals surface area (Å²) >= 11 is 0. The Kier molecular flexibility index (Phi) is 6.61. The number of carbonyl (C=O) groups is 3. The third-order valence-corrected chi connectivity index (χ3v) is 4.07. The summed E-state index contributed by atoms with van der Waals surface area (Å²) < 4.78 is 0. The number of carboxylic acid groups (broad SMARTS) is 1. The lowest BCUT2D eigenvalue weighted by molar-refractivity contribution is -0.141. The molecule has 120 valence electrons. The molecule has 7 heteroatoms. The summed E-state index contributed by atoms with van der Waals surface area (Å²) in [4.78, 5) is 37.7. The number of nitrogens with zero attached hydrogens (tertiary/aromatic N) is 2. The van der Waals surface area contributed by atoms with Crippen molar-refractivity contribution in [2.75, 3.05) is 26.2 Å². The number of aliphatic carboxylic acids is 1. The number of nitrogens with two attached hydrogens (primary N) is 1. The highest BCUT2D eigenvalue weighted by atomic mass is 16.4. The van der Waals surface area contributed by atoms with Crippen LogP contribution in [0.3, 0.4) is 0 Å². The lowest BCUT2D eigenvalue weighted by atomic mass is 9.97. The zero-order chi connectivity index (χ0) is 16.0. The van der Waals surface area contributed by atoms with Crippen LogP contribution in [0.5, 0.6) is 0 Å². The Morgan fingerprint density at radius 1 is 1.38 bits per heavy atom. The molecule has 0 aromatic carbocycles. The molecule has 0 spiro atoms. The largest absolute Gasteiger partial charge is 0.480 e. The molecule has 7 nitrogen and oxygen atoms in total. The Morgan fingerprint density at radius 2 is 2.05 bits per heavy atom. The van der Waals surface area contributed by atoms with Gasteiger partial charge in [-0.25, -0.2) is 0 Å². The predicted octanol–water partition coefficient (Wildman–Crippen LogP) is -0.105. The fraction of sp³-hybridized carbons (Fsp3) is 0.786. The van der Waals surface area contributed by atoms with Crippen LogP contribution in [0.2, 0.25) is 0 Å². The highest BCUT2D eigenvalue weighted by molar-refractivity contribution is 5.81. The molecule has 21 heavy (non-hydrogen) atoms. The first kappa shape index (κ1) is 17.4. The van der Waals surface area contributed by atoms with Crippen LogP contribution in [0.1, 0.15) is 33.1 Å². The molecular formula is C14H25N3O4. The predicted molar refractivity (Wildman–Crippen MR) is 77.5 cm³/mol. The maximum atomic E-state index is 12.3. The molecule has 1 aliphatic heterocycles. The van der Waals surface area contributed by atoms with Gasteiger partial charge in [-0.1, -0.05) is 6.92 Å². The number of hydrogen-bond donors (Lipinski definition) is 2. The molecule has 2 unspecified atom stereocenters.